The van der Waals surface area contributed by atoms with Crippen molar-refractivity contribution in [2.75, 3.05) is 0 Å². The third-order valence-corrected chi connectivity index (χ3v) is 2.32. The van der Waals surface area contributed by atoms with Gasteiger partial charge in [-0.25, -0.2) is 8.78 Å². The van der Waals surface area contributed by atoms with Crippen molar-refractivity contribution in [2.24, 2.45) is 0 Å². The molecule has 0 aliphatic heterocycles. The van der Waals surface area contributed by atoms with Crippen LogP contribution in [-0.4, -0.2) is 23.8 Å². The Balaban J connectivity index is 2.88. The highest BCUT2D eigenvalue weighted by molar-refractivity contribution is 5.81. The molecule has 20 heavy (non-hydrogen) atoms. The first-order valence-electron chi connectivity index (χ1n) is 6.07. The Kier molecular flexibility index (Phi) is 4.81. The Bertz CT molecular complexity index is 501. The number of nitrogens with one attached hydrogen (secondary N) is 1. The van der Waals surface area contributed by atoms with E-state index in [4.69, 9.17) is 4.74 Å². The number of hydrogen-bond donors (Lipinski definition) is 1. The second-order valence-electron chi connectivity index (χ2n) is 5.43. The van der Waals surface area contributed by atoms with E-state index in [2.05, 4.69) is 5.32 Å². The summed E-state index contributed by atoms with van der Waals surface area (Å²) >= 11 is 0. The quantitative estimate of drug-likeness (QED) is 0.865. The molecule has 4 nitrogen and oxygen atoms in total. The lowest BCUT2D eigenvalue weighted by molar-refractivity contribution is -0.128. The Morgan fingerprint density at radius 3 is 2.20 bits per heavy atom. The van der Waals surface area contributed by atoms with Crippen molar-refractivity contribution in [3.63, 3.8) is 0 Å². The molecule has 0 saturated carbocycles. The molecule has 0 spiro atoms. The van der Waals surface area contributed by atoms with Gasteiger partial charge in [0, 0.05) is 11.1 Å². The van der Waals surface area contributed by atoms with E-state index in [-0.39, 0.29) is 5.56 Å². The maximum atomic E-state index is 13.6. The van der Waals surface area contributed by atoms with Crippen LogP contribution in [0.3, 0.4) is 0 Å². The van der Waals surface area contributed by atoms with E-state index in [1.54, 1.807) is 20.8 Å². The van der Waals surface area contributed by atoms with E-state index in [0.29, 0.717) is 6.29 Å². The Morgan fingerprint density at radius 1 is 1.30 bits per heavy atom. The molecule has 1 rings (SSSR count). The van der Waals surface area contributed by atoms with Gasteiger partial charge in [-0.2, -0.15) is 0 Å². The fraction of sp³-hybridized carbons (Fsp3) is 0.429. The molecule has 110 valence electrons. The Labute approximate surface area is 116 Å². The monoisotopic (exact) mass is 285 g/mol. The first kappa shape index (κ1) is 16.1. The molecule has 0 aliphatic carbocycles. The van der Waals surface area contributed by atoms with Crippen molar-refractivity contribution in [2.45, 2.75) is 39.3 Å². The summed E-state index contributed by atoms with van der Waals surface area (Å²) in [5.41, 5.74) is -0.619. The van der Waals surface area contributed by atoms with Crippen molar-refractivity contribution in [1.29, 1.82) is 0 Å². The molecule has 0 fully saturated rings. The van der Waals surface area contributed by atoms with E-state index < -0.39 is 34.9 Å². The van der Waals surface area contributed by atoms with Crippen molar-refractivity contribution >= 4 is 12.2 Å². The molecule has 1 unspecified atom stereocenters. The minimum absolute atomic E-state index is 0.140. The van der Waals surface area contributed by atoms with Gasteiger partial charge in [0.1, 0.15) is 6.29 Å². The first-order valence-corrected chi connectivity index (χ1v) is 6.07. The molecule has 0 bridgehead atoms. The van der Waals surface area contributed by atoms with Crippen LogP contribution in [0.4, 0.5) is 8.78 Å². The summed E-state index contributed by atoms with van der Waals surface area (Å²) in [6.07, 6.45) is -0.744. The lowest BCUT2D eigenvalue weighted by Gasteiger charge is -2.23. The van der Waals surface area contributed by atoms with Crippen LogP contribution in [0.2, 0.25) is 0 Å². The number of halogens is 2. The van der Waals surface area contributed by atoms with Gasteiger partial charge in [0.25, 0.3) is 5.91 Å². The minimum atomic E-state index is -1.07. The fourth-order valence-corrected chi connectivity index (χ4v) is 1.46. The zero-order valence-corrected chi connectivity index (χ0v) is 11.8. The van der Waals surface area contributed by atoms with Crippen LogP contribution in [-0.2, 0) is 4.79 Å². The molecule has 1 aromatic carbocycles. The topological polar surface area (TPSA) is 55.4 Å². The molecule has 0 heterocycles. The maximum Gasteiger partial charge on any atom is 0.261 e. The van der Waals surface area contributed by atoms with Gasteiger partial charge in [0.15, 0.2) is 23.5 Å². The van der Waals surface area contributed by atoms with E-state index in [9.17, 15) is 18.4 Å². The molecule has 0 radical (unpaired) electrons. The normalized spacial score (nSPS) is 12.7. The van der Waals surface area contributed by atoms with Gasteiger partial charge in [-0.15, -0.1) is 0 Å². The predicted molar refractivity (Wildman–Crippen MR) is 69.7 cm³/mol. The van der Waals surface area contributed by atoms with Crippen LogP contribution in [0.1, 0.15) is 38.1 Å². The van der Waals surface area contributed by atoms with Crippen molar-refractivity contribution in [3.05, 3.63) is 29.3 Å². The van der Waals surface area contributed by atoms with E-state index in [1.807, 2.05) is 0 Å². The van der Waals surface area contributed by atoms with E-state index in [1.165, 1.54) is 6.92 Å². The van der Waals surface area contributed by atoms with Gasteiger partial charge in [0.05, 0.1) is 0 Å². The lowest BCUT2D eigenvalue weighted by atomic mass is 10.1. The van der Waals surface area contributed by atoms with Crippen molar-refractivity contribution < 1.29 is 23.1 Å². The van der Waals surface area contributed by atoms with Gasteiger partial charge < -0.3 is 10.1 Å². The molecule has 1 amide bonds. The summed E-state index contributed by atoms with van der Waals surface area (Å²) in [5.74, 6) is -3.21. The number of ether oxygens (including phenoxy) is 1. The van der Waals surface area contributed by atoms with Gasteiger partial charge in [-0.1, -0.05) is 0 Å². The average Bonchev–Trinajstić information content (AvgIpc) is 2.30. The molecule has 1 N–H and O–H groups in total. The third kappa shape index (κ3) is 4.29. The van der Waals surface area contributed by atoms with Crippen molar-refractivity contribution in [3.8, 4) is 5.75 Å². The van der Waals surface area contributed by atoms with Crippen molar-refractivity contribution in [1.82, 2.24) is 5.32 Å². The van der Waals surface area contributed by atoms with Gasteiger partial charge >= 0.3 is 0 Å². The molecule has 0 saturated heterocycles. The standard InChI is InChI=1S/C14H17F2NO3/c1-8(13(19)17-14(2,3)4)20-12-10(15)5-9(7-18)6-11(12)16/h5-8H,1-4H3,(H,17,19). The van der Waals surface area contributed by atoms with E-state index in [0.717, 1.165) is 12.1 Å². The summed E-state index contributed by atoms with van der Waals surface area (Å²) in [4.78, 5) is 22.2. The van der Waals surface area contributed by atoms with Crippen LogP contribution in [0, 0.1) is 11.6 Å². The first-order chi connectivity index (χ1) is 9.14. The highest BCUT2D eigenvalue weighted by Crippen LogP contribution is 2.24. The van der Waals surface area contributed by atoms with Crippen LogP contribution in [0.5, 0.6) is 5.75 Å². The minimum Gasteiger partial charge on any atom is -0.475 e. The Morgan fingerprint density at radius 2 is 1.80 bits per heavy atom. The number of hydrogen-bond acceptors (Lipinski definition) is 3. The molecular formula is C14H17F2NO3. The van der Waals surface area contributed by atoms with Crippen LogP contribution in [0.25, 0.3) is 0 Å². The highest BCUT2D eigenvalue weighted by Gasteiger charge is 2.23. The number of rotatable bonds is 4. The Hall–Kier alpha value is -1.98. The average molecular weight is 285 g/mol. The van der Waals surface area contributed by atoms with Crippen LogP contribution >= 0.6 is 0 Å². The molecule has 6 heteroatoms. The van der Waals surface area contributed by atoms with Crippen LogP contribution in [0.15, 0.2) is 12.1 Å². The molecule has 0 aromatic heterocycles. The maximum absolute atomic E-state index is 13.6. The zero-order valence-electron chi connectivity index (χ0n) is 11.8. The summed E-state index contributed by atoms with van der Waals surface area (Å²) in [7, 11) is 0. The fourth-order valence-electron chi connectivity index (χ4n) is 1.46. The van der Waals surface area contributed by atoms with Gasteiger partial charge in [0.2, 0.25) is 0 Å². The number of aldehydes is 1. The van der Waals surface area contributed by atoms with Gasteiger partial charge in [-0.05, 0) is 39.8 Å². The summed E-state index contributed by atoms with van der Waals surface area (Å²) in [5, 5.41) is 2.64. The molecule has 1 atom stereocenters. The second kappa shape index (κ2) is 5.98. The summed E-state index contributed by atoms with van der Waals surface area (Å²) < 4.78 is 32.2. The summed E-state index contributed by atoms with van der Waals surface area (Å²) in [6, 6.07) is 1.69. The summed E-state index contributed by atoms with van der Waals surface area (Å²) in [6.45, 7) is 6.71. The third-order valence-electron chi connectivity index (χ3n) is 2.32. The smallest absolute Gasteiger partial charge is 0.261 e. The predicted octanol–water partition coefficient (Wildman–Crippen LogP) is 2.46. The molecular weight excluding hydrogens is 268 g/mol. The highest BCUT2D eigenvalue weighted by atomic mass is 19.1. The number of carbonyl (C=O) groups is 2. The van der Waals surface area contributed by atoms with Crippen LogP contribution < -0.4 is 10.1 Å². The molecule has 1 aromatic rings. The molecule has 0 aliphatic rings. The largest absolute Gasteiger partial charge is 0.475 e. The van der Waals surface area contributed by atoms with E-state index >= 15 is 0 Å². The SMILES string of the molecule is CC(Oc1c(F)cc(C=O)cc1F)C(=O)NC(C)(C)C. The number of carbonyl (C=O) groups excluding carboxylic acids is 2. The zero-order chi connectivity index (χ0) is 15.5. The number of benzene rings is 1. The lowest BCUT2D eigenvalue weighted by Crippen LogP contribution is -2.46. The second-order valence-corrected chi connectivity index (χ2v) is 5.43. The number of amides is 1. The van der Waals surface area contributed by atoms with Gasteiger partial charge in [-0.3, -0.25) is 9.59 Å².